The summed E-state index contributed by atoms with van der Waals surface area (Å²) >= 11 is 1.68. The first-order valence-corrected chi connectivity index (χ1v) is 8.09. The Bertz CT molecular complexity index is 683. The molecule has 3 amide bonds. The summed E-state index contributed by atoms with van der Waals surface area (Å²) < 4.78 is 0. The summed E-state index contributed by atoms with van der Waals surface area (Å²) in [5.41, 5.74) is 2.56. The number of carbonyl (C=O) groups excluding carboxylic acids is 2. The third-order valence-corrected chi connectivity index (χ3v) is 4.44. The second-order valence-electron chi connectivity index (χ2n) is 5.13. The Labute approximate surface area is 132 Å². The smallest absolute Gasteiger partial charge is 0.319 e. The van der Waals surface area contributed by atoms with Gasteiger partial charge in [-0.25, -0.2) is 4.79 Å². The average molecular weight is 315 g/mol. The Hall–Kier alpha value is -2.34. The Balaban J connectivity index is 1.53. The fourth-order valence-electron chi connectivity index (χ4n) is 2.38. The molecule has 0 fully saturated rings. The van der Waals surface area contributed by atoms with Crippen LogP contribution in [0.25, 0.3) is 0 Å². The number of benzene rings is 1. The third kappa shape index (κ3) is 3.65. The van der Waals surface area contributed by atoms with Crippen LogP contribution in [0.1, 0.15) is 16.9 Å². The SMILES string of the molecule is O=C1CCc2ccc(NC(=O)NCCc3cccs3)cc2N1. The van der Waals surface area contributed by atoms with Gasteiger partial charge in [0.2, 0.25) is 5.91 Å². The molecular formula is C16H17N3O2S. The first kappa shape index (κ1) is 14.6. The van der Waals surface area contributed by atoms with Gasteiger partial charge in [0, 0.05) is 29.2 Å². The molecule has 1 aromatic heterocycles. The summed E-state index contributed by atoms with van der Waals surface area (Å²) in [7, 11) is 0. The van der Waals surface area contributed by atoms with Crippen LogP contribution in [0.15, 0.2) is 35.7 Å². The zero-order valence-electron chi connectivity index (χ0n) is 12.0. The maximum atomic E-state index is 11.9. The number of carbonyl (C=O) groups is 2. The molecule has 114 valence electrons. The van der Waals surface area contributed by atoms with Crippen molar-refractivity contribution in [1.82, 2.24) is 5.32 Å². The van der Waals surface area contributed by atoms with E-state index in [1.165, 1.54) is 4.88 Å². The Morgan fingerprint density at radius 2 is 2.18 bits per heavy atom. The molecule has 0 radical (unpaired) electrons. The van der Waals surface area contributed by atoms with Crippen molar-refractivity contribution < 1.29 is 9.59 Å². The Morgan fingerprint density at radius 3 is 3.00 bits per heavy atom. The molecule has 3 rings (SSSR count). The van der Waals surface area contributed by atoms with E-state index in [1.807, 2.05) is 23.6 Å². The molecule has 2 heterocycles. The zero-order valence-corrected chi connectivity index (χ0v) is 12.8. The van der Waals surface area contributed by atoms with Crippen molar-refractivity contribution in [2.45, 2.75) is 19.3 Å². The lowest BCUT2D eigenvalue weighted by atomic mass is 10.0. The fraction of sp³-hybridized carbons (Fsp3) is 0.250. The van der Waals surface area contributed by atoms with E-state index in [2.05, 4.69) is 22.0 Å². The lowest BCUT2D eigenvalue weighted by Crippen LogP contribution is -2.30. The molecule has 1 aliphatic rings. The van der Waals surface area contributed by atoms with E-state index in [9.17, 15) is 9.59 Å². The van der Waals surface area contributed by atoms with Gasteiger partial charge < -0.3 is 16.0 Å². The van der Waals surface area contributed by atoms with Crippen LogP contribution in [0, 0.1) is 0 Å². The van der Waals surface area contributed by atoms with Crippen molar-refractivity contribution in [2.75, 3.05) is 17.2 Å². The van der Waals surface area contributed by atoms with Gasteiger partial charge >= 0.3 is 6.03 Å². The number of urea groups is 1. The number of hydrogen-bond acceptors (Lipinski definition) is 3. The number of nitrogens with one attached hydrogen (secondary N) is 3. The average Bonchev–Trinajstić information content (AvgIpc) is 3.00. The summed E-state index contributed by atoms with van der Waals surface area (Å²) in [4.78, 5) is 24.5. The van der Waals surface area contributed by atoms with Crippen LogP contribution >= 0.6 is 11.3 Å². The quantitative estimate of drug-likeness (QED) is 0.812. The minimum Gasteiger partial charge on any atom is -0.338 e. The molecule has 0 aliphatic carbocycles. The standard InChI is InChI=1S/C16H17N3O2S/c20-15-6-4-11-3-5-12(10-14(11)19-15)18-16(21)17-8-7-13-2-1-9-22-13/h1-3,5,9-10H,4,6-8H2,(H,19,20)(H2,17,18,21). The highest BCUT2D eigenvalue weighted by Gasteiger charge is 2.15. The summed E-state index contributed by atoms with van der Waals surface area (Å²) in [5.74, 6) is 0.0186. The number of thiophene rings is 1. The summed E-state index contributed by atoms with van der Waals surface area (Å²) in [5, 5.41) is 10.5. The van der Waals surface area contributed by atoms with E-state index in [-0.39, 0.29) is 11.9 Å². The highest BCUT2D eigenvalue weighted by Crippen LogP contribution is 2.25. The van der Waals surface area contributed by atoms with Crippen molar-refractivity contribution in [3.8, 4) is 0 Å². The predicted octanol–water partition coefficient (Wildman–Crippen LogP) is 3.00. The van der Waals surface area contributed by atoms with Crippen LogP contribution in [0.2, 0.25) is 0 Å². The number of amides is 3. The van der Waals surface area contributed by atoms with Gasteiger partial charge in [0.25, 0.3) is 0 Å². The number of hydrogen-bond donors (Lipinski definition) is 3. The number of aryl methyl sites for hydroxylation is 1. The van der Waals surface area contributed by atoms with Crippen molar-refractivity contribution in [3.63, 3.8) is 0 Å². The van der Waals surface area contributed by atoms with Gasteiger partial charge in [-0.2, -0.15) is 0 Å². The van der Waals surface area contributed by atoms with E-state index in [1.54, 1.807) is 17.4 Å². The van der Waals surface area contributed by atoms with Gasteiger partial charge in [-0.1, -0.05) is 12.1 Å². The topological polar surface area (TPSA) is 70.2 Å². The van der Waals surface area contributed by atoms with E-state index in [0.717, 1.165) is 24.1 Å². The van der Waals surface area contributed by atoms with Crippen LogP contribution in [0.3, 0.4) is 0 Å². The molecule has 6 heteroatoms. The molecule has 0 bridgehead atoms. The van der Waals surface area contributed by atoms with Crippen LogP contribution < -0.4 is 16.0 Å². The normalized spacial score (nSPS) is 13.2. The molecule has 0 spiro atoms. The minimum atomic E-state index is -0.237. The van der Waals surface area contributed by atoms with Crippen LogP contribution in [-0.2, 0) is 17.6 Å². The summed E-state index contributed by atoms with van der Waals surface area (Å²) in [6.45, 7) is 0.591. The molecule has 0 saturated heterocycles. The van der Waals surface area contributed by atoms with Gasteiger partial charge in [0.1, 0.15) is 0 Å². The predicted molar refractivity (Wildman–Crippen MR) is 88.4 cm³/mol. The van der Waals surface area contributed by atoms with Crippen LogP contribution in [0.5, 0.6) is 0 Å². The Kier molecular flexibility index (Phi) is 4.39. The largest absolute Gasteiger partial charge is 0.338 e. The highest BCUT2D eigenvalue weighted by molar-refractivity contribution is 7.09. The van der Waals surface area contributed by atoms with Crippen molar-refractivity contribution >= 4 is 34.6 Å². The van der Waals surface area contributed by atoms with Crippen LogP contribution in [-0.4, -0.2) is 18.5 Å². The van der Waals surface area contributed by atoms with E-state index >= 15 is 0 Å². The summed E-state index contributed by atoms with van der Waals surface area (Å²) in [6.07, 6.45) is 2.09. The first-order valence-electron chi connectivity index (χ1n) is 7.21. The molecule has 22 heavy (non-hydrogen) atoms. The second-order valence-corrected chi connectivity index (χ2v) is 6.16. The van der Waals surface area contributed by atoms with E-state index in [4.69, 9.17) is 0 Å². The van der Waals surface area contributed by atoms with E-state index in [0.29, 0.717) is 18.7 Å². The number of anilines is 2. The van der Waals surface area contributed by atoms with Crippen LogP contribution in [0.4, 0.5) is 16.2 Å². The molecule has 0 unspecified atom stereocenters. The van der Waals surface area contributed by atoms with Crippen molar-refractivity contribution in [3.05, 3.63) is 46.2 Å². The maximum Gasteiger partial charge on any atom is 0.319 e. The molecular weight excluding hydrogens is 298 g/mol. The molecule has 1 aliphatic heterocycles. The van der Waals surface area contributed by atoms with Gasteiger partial charge in [-0.05, 0) is 42.0 Å². The lowest BCUT2D eigenvalue weighted by Gasteiger charge is -2.17. The van der Waals surface area contributed by atoms with Crippen molar-refractivity contribution in [2.24, 2.45) is 0 Å². The molecule has 5 nitrogen and oxygen atoms in total. The molecule has 1 aromatic carbocycles. The fourth-order valence-corrected chi connectivity index (χ4v) is 3.09. The van der Waals surface area contributed by atoms with Gasteiger partial charge in [0.15, 0.2) is 0 Å². The minimum absolute atomic E-state index is 0.0186. The molecule has 0 saturated carbocycles. The zero-order chi connectivity index (χ0) is 15.4. The van der Waals surface area contributed by atoms with E-state index < -0.39 is 0 Å². The Morgan fingerprint density at radius 1 is 1.27 bits per heavy atom. The number of fused-ring (bicyclic) bond motifs is 1. The highest BCUT2D eigenvalue weighted by atomic mass is 32.1. The molecule has 2 aromatic rings. The molecule has 3 N–H and O–H groups in total. The number of rotatable bonds is 4. The third-order valence-electron chi connectivity index (χ3n) is 3.50. The lowest BCUT2D eigenvalue weighted by molar-refractivity contribution is -0.116. The summed E-state index contributed by atoms with van der Waals surface area (Å²) in [6, 6.07) is 9.41. The van der Waals surface area contributed by atoms with Crippen molar-refractivity contribution in [1.29, 1.82) is 0 Å². The first-order chi connectivity index (χ1) is 10.7. The maximum absolute atomic E-state index is 11.9. The monoisotopic (exact) mass is 315 g/mol. The second kappa shape index (κ2) is 6.62. The van der Waals surface area contributed by atoms with Gasteiger partial charge in [-0.3, -0.25) is 4.79 Å². The van der Waals surface area contributed by atoms with Gasteiger partial charge in [-0.15, -0.1) is 11.3 Å². The van der Waals surface area contributed by atoms with Gasteiger partial charge in [0.05, 0.1) is 0 Å². The molecule has 0 atom stereocenters.